The summed E-state index contributed by atoms with van der Waals surface area (Å²) < 4.78 is 0. The van der Waals surface area contributed by atoms with E-state index in [1.165, 1.54) is 5.57 Å². The summed E-state index contributed by atoms with van der Waals surface area (Å²) in [7, 11) is 0. The van der Waals surface area contributed by atoms with Crippen molar-refractivity contribution < 1.29 is 0 Å². The molecule has 2 nitrogen and oxygen atoms in total. The number of nitrogens with zero attached hydrogens (tertiary/aromatic N) is 1. The van der Waals surface area contributed by atoms with Crippen molar-refractivity contribution in [2.24, 2.45) is 5.41 Å². The van der Waals surface area contributed by atoms with Gasteiger partial charge < -0.3 is 5.32 Å². The minimum atomic E-state index is 0.305. The Hall–Kier alpha value is -0.0500. The molecule has 0 bridgehead atoms. The third-order valence-electron chi connectivity index (χ3n) is 3.25. The topological polar surface area (TPSA) is 15.3 Å². The molecule has 2 atom stereocenters. The van der Waals surface area contributed by atoms with Crippen LogP contribution in [-0.4, -0.2) is 36.6 Å². The summed E-state index contributed by atoms with van der Waals surface area (Å²) in [4.78, 5) is 2.55. The van der Waals surface area contributed by atoms with E-state index in [1.54, 1.807) is 5.54 Å². The van der Waals surface area contributed by atoms with Gasteiger partial charge in [-0.25, -0.2) is 0 Å². The molecule has 0 aromatic rings. The van der Waals surface area contributed by atoms with Crippen LogP contribution in [0.5, 0.6) is 0 Å². The second-order valence-electron chi connectivity index (χ2n) is 6.08. The van der Waals surface area contributed by atoms with Crippen LogP contribution in [0.2, 0.25) is 0 Å². The molecule has 0 aliphatic carbocycles. The van der Waals surface area contributed by atoms with E-state index in [1.807, 2.05) is 0 Å². The summed E-state index contributed by atoms with van der Waals surface area (Å²) in [5, 5.41) is 3.57. The van der Waals surface area contributed by atoms with Crippen LogP contribution in [0, 0.1) is 5.41 Å². The normalized spacial score (nSPS) is 29.5. The molecule has 0 radical (unpaired) electrons. The molecule has 3 heteroatoms. The summed E-state index contributed by atoms with van der Waals surface area (Å²) in [6.45, 7) is 14.4. The maximum atomic E-state index is 5.77. The van der Waals surface area contributed by atoms with Crippen molar-refractivity contribution in [1.82, 2.24) is 10.2 Å². The molecular weight excluding hydrogens is 220 g/mol. The van der Waals surface area contributed by atoms with Crippen molar-refractivity contribution in [2.45, 2.75) is 46.7 Å². The molecule has 2 unspecified atom stereocenters. The fourth-order valence-electron chi connectivity index (χ4n) is 2.37. The van der Waals surface area contributed by atoms with Gasteiger partial charge in [-0.2, -0.15) is 0 Å². The zero-order valence-corrected chi connectivity index (χ0v) is 11.9. The highest BCUT2D eigenvalue weighted by atomic mass is 35.5. The van der Waals surface area contributed by atoms with E-state index in [0.717, 1.165) is 19.6 Å². The zero-order chi connectivity index (χ0) is 12.3. The van der Waals surface area contributed by atoms with Crippen molar-refractivity contribution in [3.8, 4) is 0 Å². The number of piperazine rings is 1. The van der Waals surface area contributed by atoms with Gasteiger partial charge in [-0.15, -0.1) is 0 Å². The molecule has 16 heavy (non-hydrogen) atoms. The van der Waals surface area contributed by atoms with Gasteiger partial charge in [0.25, 0.3) is 0 Å². The second kappa shape index (κ2) is 5.52. The molecule has 94 valence electrons. The molecule has 1 N–H and O–H groups in total. The van der Waals surface area contributed by atoms with Crippen LogP contribution < -0.4 is 5.32 Å². The van der Waals surface area contributed by atoms with Gasteiger partial charge in [0.2, 0.25) is 0 Å². The Kier molecular flexibility index (Phi) is 4.84. The molecule has 1 aliphatic rings. The van der Waals surface area contributed by atoms with Gasteiger partial charge in [0.15, 0.2) is 0 Å². The minimum absolute atomic E-state index is 0.305. The SMILES string of the molecule is CC(=CCl)CN1CC(C)NCC1C(C)(C)C. The summed E-state index contributed by atoms with van der Waals surface area (Å²) in [6.07, 6.45) is 0. The summed E-state index contributed by atoms with van der Waals surface area (Å²) in [5.41, 5.74) is 3.25. The zero-order valence-electron chi connectivity index (χ0n) is 11.2. The maximum Gasteiger partial charge on any atom is 0.0273 e. The fraction of sp³-hybridized carbons (Fsp3) is 0.846. The molecule has 1 heterocycles. The molecule has 1 saturated heterocycles. The van der Waals surface area contributed by atoms with Crippen LogP contribution in [0.25, 0.3) is 0 Å². The van der Waals surface area contributed by atoms with Gasteiger partial charge in [0, 0.05) is 37.3 Å². The first-order valence-electron chi connectivity index (χ1n) is 6.08. The van der Waals surface area contributed by atoms with E-state index >= 15 is 0 Å². The first kappa shape index (κ1) is 14.0. The first-order chi connectivity index (χ1) is 7.34. The van der Waals surface area contributed by atoms with Gasteiger partial charge in [-0.05, 0) is 24.8 Å². The lowest BCUT2D eigenvalue weighted by Crippen LogP contribution is -2.60. The van der Waals surface area contributed by atoms with Crippen LogP contribution >= 0.6 is 11.6 Å². The van der Waals surface area contributed by atoms with Crippen LogP contribution in [0.3, 0.4) is 0 Å². The van der Waals surface area contributed by atoms with E-state index in [9.17, 15) is 0 Å². The summed E-state index contributed by atoms with van der Waals surface area (Å²) in [5.74, 6) is 0. The van der Waals surface area contributed by atoms with E-state index in [2.05, 4.69) is 44.8 Å². The van der Waals surface area contributed by atoms with Crippen LogP contribution in [0.15, 0.2) is 11.1 Å². The third kappa shape index (κ3) is 3.76. The molecule has 1 fully saturated rings. The monoisotopic (exact) mass is 244 g/mol. The van der Waals surface area contributed by atoms with Gasteiger partial charge in [-0.1, -0.05) is 32.4 Å². The van der Waals surface area contributed by atoms with Crippen LogP contribution in [0.1, 0.15) is 34.6 Å². The highest BCUT2D eigenvalue weighted by Crippen LogP contribution is 2.27. The molecular formula is C13H25ClN2. The number of nitrogens with one attached hydrogen (secondary N) is 1. The molecule has 1 aliphatic heterocycles. The highest BCUT2D eigenvalue weighted by molar-refractivity contribution is 6.25. The number of hydrogen-bond acceptors (Lipinski definition) is 2. The molecule has 0 spiro atoms. The lowest BCUT2D eigenvalue weighted by atomic mass is 9.84. The van der Waals surface area contributed by atoms with Gasteiger partial charge in [-0.3, -0.25) is 4.90 Å². The van der Waals surface area contributed by atoms with Gasteiger partial charge in [0.05, 0.1) is 0 Å². The Labute approximate surface area is 105 Å². The van der Waals surface area contributed by atoms with Crippen molar-refractivity contribution in [3.05, 3.63) is 11.1 Å². The van der Waals surface area contributed by atoms with Crippen LogP contribution in [0.4, 0.5) is 0 Å². The Morgan fingerprint density at radius 2 is 2.12 bits per heavy atom. The Morgan fingerprint density at radius 3 is 2.62 bits per heavy atom. The van der Waals surface area contributed by atoms with Crippen LogP contribution in [-0.2, 0) is 0 Å². The predicted molar refractivity (Wildman–Crippen MR) is 71.9 cm³/mol. The van der Waals surface area contributed by atoms with Crippen molar-refractivity contribution >= 4 is 11.6 Å². The maximum absolute atomic E-state index is 5.77. The lowest BCUT2D eigenvalue weighted by molar-refractivity contribution is 0.0673. The lowest BCUT2D eigenvalue weighted by Gasteiger charge is -2.46. The second-order valence-corrected chi connectivity index (χ2v) is 6.29. The average molecular weight is 245 g/mol. The van der Waals surface area contributed by atoms with Gasteiger partial charge in [0.1, 0.15) is 0 Å². The van der Waals surface area contributed by atoms with E-state index in [0.29, 0.717) is 17.5 Å². The largest absolute Gasteiger partial charge is 0.311 e. The average Bonchev–Trinajstić information content (AvgIpc) is 2.15. The molecule has 0 aromatic heterocycles. The number of halogens is 1. The number of hydrogen-bond donors (Lipinski definition) is 1. The van der Waals surface area contributed by atoms with E-state index < -0.39 is 0 Å². The van der Waals surface area contributed by atoms with Crippen molar-refractivity contribution in [1.29, 1.82) is 0 Å². The summed E-state index contributed by atoms with van der Waals surface area (Å²) in [6, 6.07) is 1.15. The van der Waals surface area contributed by atoms with Gasteiger partial charge >= 0.3 is 0 Å². The van der Waals surface area contributed by atoms with E-state index in [4.69, 9.17) is 11.6 Å². The predicted octanol–water partition coefficient (Wildman–Crippen LogP) is 2.84. The Balaban J connectivity index is 2.73. The quantitative estimate of drug-likeness (QED) is 0.804. The fourth-order valence-corrected chi connectivity index (χ4v) is 2.44. The summed E-state index contributed by atoms with van der Waals surface area (Å²) >= 11 is 5.77. The smallest absolute Gasteiger partial charge is 0.0273 e. The van der Waals surface area contributed by atoms with Crippen molar-refractivity contribution in [2.75, 3.05) is 19.6 Å². The molecule has 0 aromatic carbocycles. The minimum Gasteiger partial charge on any atom is -0.311 e. The first-order valence-corrected chi connectivity index (χ1v) is 6.51. The highest BCUT2D eigenvalue weighted by Gasteiger charge is 2.34. The molecule has 0 saturated carbocycles. The number of rotatable bonds is 2. The third-order valence-corrected chi connectivity index (χ3v) is 3.62. The molecule has 1 rings (SSSR count). The van der Waals surface area contributed by atoms with Crippen molar-refractivity contribution in [3.63, 3.8) is 0 Å². The molecule has 0 amide bonds. The standard InChI is InChI=1S/C13H25ClN2/c1-10(6-14)8-16-9-11(2)15-7-12(16)13(3,4)5/h6,11-12,15H,7-9H2,1-5H3. The Bertz CT molecular complexity index is 255. The van der Waals surface area contributed by atoms with E-state index in [-0.39, 0.29) is 0 Å². The Morgan fingerprint density at radius 1 is 1.50 bits per heavy atom.